The van der Waals surface area contributed by atoms with Gasteiger partial charge in [0.05, 0.1) is 24.3 Å². The first-order chi connectivity index (χ1) is 14.1. The number of nitrogens with zero attached hydrogens (tertiary/aromatic N) is 2. The van der Waals surface area contributed by atoms with Crippen molar-refractivity contribution >= 4 is 16.8 Å². The van der Waals surface area contributed by atoms with Gasteiger partial charge in [-0.25, -0.2) is 4.39 Å². The molecule has 1 fully saturated rings. The number of fused-ring (bicyclic) bond motifs is 1. The Bertz CT molecular complexity index is 994. The van der Waals surface area contributed by atoms with E-state index in [1.807, 2.05) is 18.2 Å². The van der Waals surface area contributed by atoms with Gasteiger partial charge in [0.15, 0.2) is 11.6 Å². The van der Waals surface area contributed by atoms with E-state index in [-0.39, 0.29) is 5.91 Å². The summed E-state index contributed by atoms with van der Waals surface area (Å²) in [6, 6.07) is 13.2. The van der Waals surface area contributed by atoms with Gasteiger partial charge in [0.1, 0.15) is 0 Å². The smallest absolute Gasteiger partial charge is 0.256 e. The number of morpholine rings is 1. The second-order valence-electron chi connectivity index (χ2n) is 7.38. The Balaban J connectivity index is 1.56. The topological polar surface area (TPSA) is 54.7 Å². The SMILES string of the molecule is O=C(c1cn(CCCCc2ccccc2)c2c(F)c(O)ccc12)N1CCOCC1. The molecule has 1 saturated heterocycles. The van der Waals surface area contributed by atoms with E-state index in [0.717, 1.165) is 19.3 Å². The molecule has 0 unspecified atom stereocenters. The lowest BCUT2D eigenvalue weighted by Crippen LogP contribution is -2.40. The third kappa shape index (κ3) is 4.12. The fourth-order valence-corrected chi connectivity index (χ4v) is 3.88. The number of carbonyl (C=O) groups excluding carboxylic acids is 1. The second-order valence-corrected chi connectivity index (χ2v) is 7.38. The zero-order valence-electron chi connectivity index (χ0n) is 16.3. The predicted molar refractivity (Wildman–Crippen MR) is 110 cm³/mol. The summed E-state index contributed by atoms with van der Waals surface area (Å²) in [5.41, 5.74) is 2.04. The number of unbranched alkanes of at least 4 members (excludes halogenated alkanes) is 1. The number of hydrogen-bond acceptors (Lipinski definition) is 3. The van der Waals surface area contributed by atoms with Crippen LogP contribution in [0.3, 0.4) is 0 Å². The Kier molecular flexibility index (Phi) is 5.81. The van der Waals surface area contributed by atoms with Gasteiger partial charge in [0, 0.05) is 31.2 Å². The summed E-state index contributed by atoms with van der Waals surface area (Å²) < 4.78 is 21.8. The average molecular weight is 396 g/mol. The number of aromatic nitrogens is 1. The van der Waals surface area contributed by atoms with Gasteiger partial charge in [-0.1, -0.05) is 30.3 Å². The van der Waals surface area contributed by atoms with Crippen molar-refractivity contribution in [3.8, 4) is 5.75 Å². The fourth-order valence-electron chi connectivity index (χ4n) is 3.88. The number of carbonyl (C=O) groups is 1. The first-order valence-electron chi connectivity index (χ1n) is 10.1. The van der Waals surface area contributed by atoms with Crippen molar-refractivity contribution in [1.29, 1.82) is 0 Å². The average Bonchev–Trinajstić information content (AvgIpc) is 3.14. The number of amides is 1. The molecule has 1 aromatic heterocycles. The summed E-state index contributed by atoms with van der Waals surface area (Å²) in [6.45, 7) is 2.67. The maximum Gasteiger partial charge on any atom is 0.256 e. The highest BCUT2D eigenvalue weighted by atomic mass is 19.1. The van der Waals surface area contributed by atoms with Crippen molar-refractivity contribution in [3.05, 3.63) is 65.6 Å². The number of aromatic hydroxyl groups is 1. The first kappa shape index (κ1) is 19.5. The normalized spacial score (nSPS) is 14.4. The van der Waals surface area contributed by atoms with Crippen LogP contribution < -0.4 is 0 Å². The monoisotopic (exact) mass is 396 g/mol. The highest BCUT2D eigenvalue weighted by molar-refractivity contribution is 6.07. The molecule has 0 spiro atoms. The quantitative estimate of drug-likeness (QED) is 0.641. The largest absolute Gasteiger partial charge is 0.505 e. The number of ether oxygens (including phenoxy) is 1. The van der Waals surface area contributed by atoms with E-state index >= 15 is 0 Å². The van der Waals surface area contributed by atoms with Gasteiger partial charge < -0.3 is 19.3 Å². The molecule has 0 saturated carbocycles. The number of benzene rings is 2. The molecule has 3 aromatic rings. The molecule has 1 aliphatic rings. The maximum absolute atomic E-state index is 14.7. The summed E-state index contributed by atoms with van der Waals surface area (Å²) in [5.74, 6) is -1.19. The van der Waals surface area contributed by atoms with Crippen molar-refractivity contribution < 1.29 is 19.0 Å². The lowest BCUT2D eigenvalue weighted by atomic mass is 10.1. The van der Waals surface area contributed by atoms with E-state index in [1.54, 1.807) is 21.7 Å². The van der Waals surface area contributed by atoms with E-state index in [0.29, 0.717) is 49.3 Å². The van der Waals surface area contributed by atoms with Gasteiger partial charge in [-0.05, 0) is 37.0 Å². The molecule has 152 valence electrons. The minimum Gasteiger partial charge on any atom is -0.505 e. The molecular weight excluding hydrogens is 371 g/mol. The highest BCUT2D eigenvalue weighted by Crippen LogP contribution is 2.30. The van der Waals surface area contributed by atoms with Crippen LogP contribution >= 0.6 is 0 Å². The van der Waals surface area contributed by atoms with Crippen molar-refractivity contribution in [2.45, 2.75) is 25.8 Å². The summed E-state index contributed by atoms with van der Waals surface area (Å²) in [6.07, 6.45) is 4.48. The number of phenolic OH excluding ortho intramolecular Hbond substituents is 1. The molecule has 6 heteroatoms. The van der Waals surface area contributed by atoms with Crippen LogP contribution in [0.2, 0.25) is 0 Å². The Hall–Kier alpha value is -2.86. The minimum atomic E-state index is -0.674. The molecule has 2 aromatic carbocycles. The Morgan fingerprint density at radius 1 is 1.07 bits per heavy atom. The molecule has 5 nitrogen and oxygen atoms in total. The molecule has 0 bridgehead atoms. The van der Waals surface area contributed by atoms with Crippen LogP contribution in [-0.2, 0) is 17.7 Å². The van der Waals surface area contributed by atoms with Gasteiger partial charge in [0.25, 0.3) is 5.91 Å². The van der Waals surface area contributed by atoms with Crippen molar-refractivity contribution in [2.24, 2.45) is 0 Å². The van der Waals surface area contributed by atoms with Gasteiger partial charge in [-0.3, -0.25) is 4.79 Å². The third-order valence-corrected chi connectivity index (χ3v) is 5.44. The molecule has 2 heterocycles. The molecule has 1 N–H and O–H groups in total. The van der Waals surface area contributed by atoms with Gasteiger partial charge >= 0.3 is 0 Å². The second kappa shape index (κ2) is 8.66. The van der Waals surface area contributed by atoms with Crippen molar-refractivity contribution in [1.82, 2.24) is 9.47 Å². The van der Waals surface area contributed by atoms with E-state index < -0.39 is 11.6 Å². The van der Waals surface area contributed by atoms with Gasteiger partial charge in [-0.15, -0.1) is 0 Å². The minimum absolute atomic E-state index is 0.119. The Morgan fingerprint density at radius 2 is 1.83 bits per heavy atom. The summed E-state index contributed by atoms with van der Waals surface area (Å²) >= 11 is 0. The van der Waals surface area contributed by atoms with E-state index in [9.17, 15) is 14.3 Å². The highest BCUT2D eigenvalue weighted by Gasteiger charge is 2.24. The lowest BCUT2D eigenvalue weighted by molar-refractivity contribution is 0.0304. The van der Waals surface area contributed by atoms with Crippen LogP contribution in [0.4, 0.5) is 4.39 Å². The summed E-state index contributed by atoms with van der Waals surface area (Å²) in [5, 5.41) is 10.4. The maximum atomic E-state index is 14.7. The Labute approximate surface area is 169 Å². The Morgan fingerprint density at radius 3 is 2.59 bits per heavy atom. The fraction of sp³-hybridized carbons (Fsp3) is 0.348. The zero-order valence-corrected chi connectivity index (χ0v) is 16.3. The number of phenols is 1. The first-order valence-corrected chi connectivity index (χ1v) is 10.1. The molecule has 4 rings (SSSR count). The van der Waals surface area contributed by atoms with Crippen molar-refractivity contribution in [3.63, 3.8) is 0 Å². The zero-order chi connectivity index (χ0) is 20.2. The van der Waals surface area contributed by atoms with E-state index in [2.05, 4.69) is 12.1 Å². The van der Waals surface area contributed by atoms with Crippen LogP contribution in [0.15, 0.2) is 48.7 Å². The molecular formula is C23H25FN2O3. The standard InChI is InChI=1S/C23H25FN2O3/c24-21-20(27)10-9-18-19(23(28)25-12-14-29-15-13-25)16-26(22(18)21)11-5-4-8-17-6-2-1-3-7-17/h1-3,6-7,9-10,16,27H,4-5,8,11-15H2. The number of rotatable bonds is 6. The number of aryl methyl sites for hydroxylation is 2. The predicted octanol–water partition coefficient (Wildman–Crippen LogP) is 3.98. The van der Waals surface area contributed by atoms with Gasteiger partial charge in [0.2, 0.25) is 0 Å². The van der Waals surface area contributed by atoms with Gasteiger partial charge in [-0.2, -0.15) is 0 Å². The van der Waals surface area contributed by atoms with Crippen LogP contribution in [0.25, 0.3) is 10.9 Å². The van der Waals surface area contributed by atoms with Crippen molar-refractivity contribution in [2.75, 3.05) is 26.3 Å². The third-order valence-electron chi connectivity index (χ3n) is 5.44. The van der Waals surface area contributed by atoms with E-state index in [4.69, 9.17) is 4.74 Å². The molecule has 29 heavy (non-hydrogen) atoms. The lowest BCUT2D eigenvalue weighted by Gasteiger charge is -2.26. The molecule has 1 aliphatic heterocycles. The van der Waals surface area contributed by atoms with E-state index in [1.165, 1.54) is 11.6 Å². The van der Waals surface area contributed by atoms with Crippen LogP contribution in [0, 0.1) is 5.82 Å². The molecule has 0 atom stereocenters. The van der Waals surface area contributed by atoms with Crippen LogP contribution in [-0.4, -0.2) is 46.8 Å². The van der Waals surface area contributed by atoms with Crippen LogP contribution in [0.1, 0.15) is 28.8 Å². The molecule has 0 aliphatic carbocycles. The molecule has 0 radical (unpaired) electrons. The number of hydrogen-bond donors (Lipinski definition) is 1. The molecule has 1 amide bonds. The van der Waals surface area contributed by atoms with Crippen LogP contribution in [0.5, 0.6) is 5.75 Å². The summed E-state index contributed by atoms with van der Waals surface area (Å²) in [4.78, 5) is 14.7. The summed E-state index contributed by atoms with van der Waals surface area (Å²) in [7, 11) is 0. The number of halogens is 1.